The van der Waals surface area contributed by atoms with Crippen molar-refractivity contribution in [2.24, 2.45) is 5.92 Å². The van der Waals surface area contributed by atoms with Gasteiger partial charge in [-0.3, -0.25) is 9.59 Å². The lowest BCUT2D eigenvalue weighted by molar-refractivity contribution is -0.143. The summed E-state index contributed by atoms with van der Waals surface area (Å²) in [6.07, 6.45) is 2.47. The molecule has 0 N–H and O–H groups in total. The Labute approximate surface area is 155 Å². The van der Waals surface area contributed by atoms with E-state index in [-0.39, 0.29) is 18.3 Å². The van der Waals surface area contributed by atoms with Crippen molar-refractivity contribution in [1.29, 1.82) is 0 Å². The van der Waals surface area contributed by atoms with Gasteiger partial charge in [-0.2, -0.15) is 0 Å². The molecule has 5 nitrogen and oxygen atoms in total. The summed E-state index contributed by atoms with van der Waals surface area (Å²) in [5.74, 6) is 0.463. The molecular weight excluding hydrogens is 386 g/mol. The van der Waals surface area contributed by atoms with Gasteiger partial charge in [-0.15, -0.1) is 0 Å². The highest BCUT2D eigenvalue weighted by atomic mass is 79.9. The molecule has 6 heteroatoms. The summed E-state index contributed by atoms with van der Waals surface area (Å²) in [5, 5.41) is 0.925. The first-order valence-electron chi connectivity index (χ1n) is 8.63. The Kier molecular flexibility index (Phi) is 5.47. The minimum Gasteiger partial charge on any atom is -0.466 e. The van der Waals surface area contributed by atoms with E-state index in [4.69, 9.17) is 9.15 Å². The highest BCUT2D eigenvalue weighted by molar-refractivity contribution is 9.10. The zero-order chi connectivity index (χ0) is 18.0. The zero-order valence-corrected chi connectivity index (χ0v) is 16.1. The van der Waals surface area contributed by atoms with Gasteiger partial charge in [0.15, 0.2) is 5.76 Å². The van der Waals surface area contributed by atoms with Crippen LogP contribution in [0.5, 0.6) is 0 Å². The molecule has 2 aromatic rings. The van der Waals surface area contributed by atoms with Gasteiger partial charge in [0.25, 0.3) is 5.91 Å². The van der Waals surface area contributed by atoms with E-state index in [0.717, 1.165) is 28.3 Å². The standard InChI is InChI=1S/C19H22BrNO4/c1-3-24-17(22)8-9-21(11-13-4-5-13)19(23)18-12(2)15-10-14(20)6-7-16(15)25-18/h6-7,10,13H,3-5,8-9,11H2,1-2H3. The van der Waals surface area contributed by atoms with E-state index in [1.807, 2.05) is 25.1 Å². The van der Waals surface area contributed by atoms with Crippen LogP contribution >= 0.6 is 15.9 Å². The number of rotatable bonds is 7. The molecule has 0 atom stereocenters. The summed E-state index contributed by atoms with van der Waals surface area (Å²) in [5.41, 5.74) is 1.53. The van der Waals surface area contributed by atoms with Crippen LogP contribution in [0.25, 0.3) is 11.0 Å². The van der Waals surface area contributed by atoms with Crippen LogP contribution in [0.2, 0.25) is 0 Å². The second-order valence-corrected chi connectivity index (χ2v) is 7.36. The van der Waals surface area contributed by atoms with Crippen molar-refractivity contribution in [2.75, 3.05) is 19.7 Å². The van der Waals surface area contributed by atoms with E-state index < -0.39 is 0 Å². The average molecular weight is 408 g/mol. The topological polar surface area (TPSA) is 59.8 Å². The number of amides is 1. The molecule has 3 rings (SSSR count). The van der Waals surface area contributed by atoms with Gasteiger partial charge < -0.3 is 14.1 Å². The number of halogens is 1. The highest BCUT2D eigenvalue weighted by Gasteiger charge is 2.30. The van der Waals surface area contributed by atoms with Crippen LogP contribution in [0.4, 0.5) is 0 Å². The minimum absolute atomic E-state index is 0.152. The van der Waals surface area contributed by atoms with Crippen molar-refractivity contribution in [3.63, 3.8) is 0 Å². The molecule has 1 saturated carbocycles. The molecule has 0 bridgehead atoms. The Morgan fingerprint density at radius 3 is 2.80 bits per heavy atom. The summed E-state index contributed by atoms with van der Waals surface area (Å²) < 4.78 is 11.7. The average Bonchev–Trinajstić information content (AvgIpc) is 3.35. The van der Waals surface area contributed by atoms with E-state index in [1.165, 1.54) is 0 Å². The predicted octanol–water partition coefficient (Wildman–Crippen LogP) is 4.31. The van der Waals surface area contributed by atoms with Gasteiger partial charge in [-0.1, -0.05) is 15.9 Å². The fourth-order valence-electron chi connectivity index (χ4n) is 2.89. The van der Waals surface area contributed by atoms with Crippen molar-refractivity contribution in [3.05, 3.63) is 34.0 Å². The first-order valence-corrected chi connectivity index (χ1v) is 9.42. The Balaban J connectivity index is 1.81. The summed E-state index contributed by atoms with van der Waals surface area (Å²) in [6, 6.07) is 5.70. The number of nitrogens with zero attached hydrogens (tertiary/aromatic N) is 1. The van der Waals surface area contributed by atoms with E-state index in [1.54, 1.807) is 11.8 Å². The van der Waals surface area contributed by atoms with E-state index in [9.17, 15) is 9.59 Å². The lowest BCUT2D eigenvalue weighted by Gasteiger charge is -2.21. The molecule has 0 saturated heterocycles. The fourth-order valence-corrected chi connectivity index (χ4v) is 3.25. The molecule has 1 fully saturated rings. The molecular formula is C19H22BrNO4. The lowest BCUT2D eigenvalue weighted by atomic mass is 10.1. The molecule has 1 aliphatic carbocycles. The van der Waals surface area contributed by atoms with Crippen molar-refractivity contribution < 1.29 is 18.7 Å². The summed E-state index contributed by atoms with van der Waals surface area (Å²) in [6.45, 7) is 5.05. The van der Waals surface area contributed by atoms with Crippen molar-refractivity contribution in [1.82, 2.24) is 4.90 Å². The van der Waals surface area contributed by atoms with Gasteiger partial charge in [0.05, 0.1) is 13.0 Å². The Hall–Kier alpha value is -1.82. The summed E-state index contributed by atoms with van der Waals surface area (Å²) in [7, 11) is 0. The molecule has 25 heavy (non-hydrogen) atoms. The molecule has 0 aliphatic heterocycles. The summed E-state index contributed by atoms with van der Waals surface area (Å²) in [4.78, 5) is 26.4. The molecule has 134 valence electrons. The van der Waals surface area contributed by atoms with E-state index in [0.29, 0.717) is 37.0 Å². The van der Waals surface area contributed by atoms with Crippen molar-refractivity contribution in [2.45, 2.75) is 33.1 Å². The third-order valence-corrected chi connectivity index (χ3v) is 4.94. The summed E-state index contributed by atoms with van der Waals surface area (Å²) >= 11 is 3.45. The van der Waals surface area contributed by atoms with Gasteiger partial charge in [0.2, 0.25) is 0 Å². The molecule has 0 unspecified atom stereocenters. The third-order valence-electron chi connectivity index (χ3n) is 4.45. The number of hydrogen-bond donors (Lipinski definition) is 0. The van der Waals surface area contributed by atoms with Crippen LogP contribution in [0.1, 0.15) is 42.3 Å². The van der Waals surface area contributed by atoms with Gasteiger partial charge in [0, 0.05) is 28.5 Å². The van der Waals surface area contributed by atoms with E-state index in [2.05, 4.69) is 15.9 Å². The van der Waals surface area contributed by atoms with Crippen LogP contribution in [-0.4, -0.2) is 36.5 Å². The number of carbonyl (C=O) groups excluding carboxylic acids is 2. The first kappa shape index (κ1) is 18.0. The number of furan rings is 1. The lowest BCUT2D eigenvalue weighted by Crippen LogP contribution is -2.35. The number of esters is 1. The van der Waals surface area contributed by atoms with E-state index >= 15 is 0 Å². The van der Waals surface area contributed by atoms with Crippen LogP contribution in [0.15, 0.2) is 27.1 Å². The number of carbonyl (C=O) groups is 2. The second kappa shape index (κ2) is 7.60. The highest BCUT2D eigenvalue weighted by Crippen LogP contribution is 2.32. The number of fused-ring (bicyclic) bond motifs is 1. The predicted molar refractivity (Wildman–Crippen MR) is 98.5 cm³/mol. The SMILES string of the molecule is CCOC(=O)CCN(CC1CC1)C(=O)c1oc2ccc(Br)cc2c1C. The van der Waals surface area contributed by atoms with Crippen molar-refractivity contribution in [3.8, 4) is 0 Å². The Morgan fingerprint density at radius 1 is 1.36 bits per heavy atom. The molecule has 1 heterocycles. The zero-order valence-electron chi connectivity index (χ0n) is 14.5. The second-order valence-electron chi connectivity index (χ2n) is 6.45. The molecule has 1 aromatic heterocycles. The maximum Gasteiger partial charge on any atom is 0.307 e. The van der Waals surface area contributed by atoms with Crippen molar-refractivity contribution >= 4 is 38.8 Å². The molecule has 1 amide bonds. The van der Waals surface area contributed by atoms with Gasteiger partial charge in [0.1, 0.15) is 5.58 Å². The first-order chi connectivity index (χ1) is 12.0. The Morgan fingerprint density at radius 2 is 2.12 bits per heavy atom. The maximum absolute atomic E-state index is 13.0. The monoisotopic (exact) mass is 407 g/mol. The number of hydrogen-bond acceptors (Lipinski definition) is 4. The van der Waals surface area contributed by atoms with Gasteiger partial charge in [-0.25, -0.2) is 0 Å². The number of benzene rings is 1. The van der Waals surface area contributed by atoms with Gasteiger partial charge in [-0.05, 0) is 50.8 Å². The maximum atomic E-state index is 13.0. The minimum atomic E-state index is -0.277. The van der Waals surface area contributed by atoms with Crippen LogP contribution in [0, 0.1) is 12.8 Å². The molecule has 0 spiro atoms. The normalized spacial score (nSPS) is 13.9. The smallest absolute Gasteiger partial charge is 0.307 e. The number of aryl methyl sites for hydroxylation is 1. The largest absolute Gasteiger partial charge is 0.466 e. The fraction of sp³-hybridized carbons (Fsp3) is 0.474. The third kappa shape index (κ3) is 4.24. The molecule has 0 radical (unpaired) electrons. The van der Waals surface area contributed by atoms with Crippen LogP contribution < -0.4 is 0 Å². The molecule has 1 aromatic carbocycles. The number of ether oxygens (including phenoxy) is 1. The molecule has 1 aliphatic rings. The van der Waals surface area contributed by atoms with Crippen LogP contribution in [-0.2, 0) is 9.53 Å². The van der Waals surface area contributed by atoms with Gasteiger partial charge >= 0.3 is 5.97 Å². The van der Waals surface area contributed by atoms with Crippen LogP contribution in [0.3, 0.4) is 0 Å². The Bertz CT molecular complexity index is 794. The quantitative estimate of drug-likeness (QED) is 0.641.